The van der Waals surface area contributed by atoms with Crippen molar-refractivity contribution in [3.8, 4) is 5.75 Å². The predicted octanol–water partition coefficient (Wildman–Crippen LogP) is 0.813. The van der Waals surface area contributed by atoms with Gasteiger partial charge in [0.15, 0.2) is 0 Å². The van der Waals surface area contributed by atoms with Crippen molar-refractivity contribution in [3.63, 3.8) is 0 Å². The molecule has 0 saturated heterocycles. The van der Waals surface area contributed by atoms with Crippen LogP contribution >= 0.6 is 0 Å². The van der Waals surface area contributed by atoms with Gasteiger partial charge in [-0.25, -0.2) is 0 Å². The monoisotopic (exact) mass is 208 g/mol. The highest BCUT2D eigenvalue weighted by Gasteiger charge is 2.15. The highest BCUT2D eigenvalue weighted by Crippen LogP contribution is 2.17. The number of carbonyl (C=O) groups is 1. The molecule has 4 heteroatoms. The number of aromatic hydroxyl groups is 1. The molecule has 0 aliphatic carbocycles. The summed E-state index contributed by atoms with van der Waals surface area (Å²) in [6.45, 7) is 3.40. The normalized spacial score (nSPS) is 10.0. The molecule has 0 heterocycles. The molecule has 1 aromatic carbocycles. The summed E-state index contributed by atoms with van der Waals surface area (Å²) in [6, 6.07) is 6.52. The topological polar surface area (TPSA) is 66.6 Å². The van der Waals surface area contributed by atoms with Crippen LogP contribution < -0.4 is 5.73 Å². The summed E-state index contributed by atoms with van der Waals surface area (Å²) in [6.07, 6.45) is 0. The number of phenols is 1. The van der Waals surface area contributed by atoms with Gasteiger partial charge in [0.05, 0.1) is 5.56 Å². The molecule has 0 fully saturated rings. The number of nitrogens with zero attached hydrogens (tertiary/aromatic N) is 1. The zero-order chi connectivity index (χ0) is 11.3. The van der Waals surface area contributed by atoms with E-state index in [0.29, 0.717) is 25.2 Å². The lowest BCUT2D eigenvalue weighted by Gasteiger charge is -2.20. The number of likely N-dealkylation sites (N-methyl/N-ethyl adjacent to an activating group) is 1. The average molecular weight is 208 g/mol. The quantitative estimate of drug-likeness (QED) is 0.769. The maximum Gasteiger partial charge on any atom is 0.257 e. The Bertz CT molecular complexity index is 339. The summed E-state index contributed by atoms with van der Waals surface area (Å²) in [5, 5.41) is 9.51. The zero-order valence-electron chi connectivity index (χ0n) is 8.81. The van der Waals surface area contributed by atoms with E-state index >= 15 is 0 Å². The van der Waals surface area contributed by atoms with Crippen molar-refractivity contribution in [3.05, 3.63) is 29.8 Å². The van der Waals surface area contributed by atoms with E-state index in [0.717, 1.165) is 0 Å². The van der Waals surface area contributed by atoms with Crippen molar-refractivity contribution in [2.75, 3.05) is 19.6 Å². The van der Waals surface area contributed by atoms with Crippen LogP contribution in [0.25, 0.3) is 0 Å². The molecule has 0 atom stereocenters. The van der Waals surface area contributed by atoms with Crippen LogP contribution in [0.1, 0.15) is 17.3 Å². The predicted molar refractivity (Wildman–Crippen MR) is 58.7 cm³/mol. The molecule has 0 spiro atoms. The van der Waals surface area contributed by atoms with Gasteiger partial charge < -0.3 is 15.7 Å². The summed E-state index contributed by atoms with van der Waals surface area (Å²) < 4.78 is 0. The van der Waals surface area contributed by atoms with Gasteiger partial charge in [0, 0.05) is 19.6 Å². The molecule has 3 N–H and O–H groups in total. The van der Waals surface area contributed by atoms with Gasteiger partial charge in [-0.3, -0.25) is 4.79 Å². The molecule has 0 unspecified atom stereocenters. The van der Waals surface area contributed by atoms with Crippen molar-refractivity contribution in [1.29, 1.82) is 0 Å². The Morgan fingerprint density at radius 1 is 1.47 bits per heavy atom. The number of hydrogen-bond donors (Lipinski definition) is 2. The third-order valence-corrected chi connectivity index (χ3v) is 2.20. The van der Waals surface area contributed by atoms with Crippen molar-refractivity contribution in [2.45, 2.75) is 6.92 Å². The van der Waals surface area contributed by atoms with Crippen LogP contribution in [0.5, 0.6) is 5.75 Å². The first-order valence-electron chi connectivity index (χ1n) is 4.98. The molecule has 0 bridgehead atoms. The van der Waals surface area contributed by atoms with Gasteiger partial charge in [0.25, 0.3) is 5.91 Å². The fourth-order valence-corrected chi connectivity index (χ4v) is 1.38. The Morgan fingerprint density at radius 3 is 2.67 bits per heavy atom. The Kier molecular flexibility index (Phi) is 4.12. The first-order valence-corrected chi connectivity index (χ1v) is 4.98. The smallest absolute Gasteiger partial charge is 0.257 e. The average Bonchev–Trinajstić information content (AvgIpc) is 2.25. The van der Waals surface area contributed by atoms with Gasteiger partial charge in [-0.15, -0.1) is 0 Å². The highest BCUT2D eigenvalue weighted by atomic mass is 16.3. The second-order valence-corrected chi connectivity index (χ2v) is 3.19. The van der Waals surface area contributed by atoms with Crippen molar-refractivity contribution < 1.29 is 9.90 Å². The summed E-state index contributed by atoms with van der Waals surface area (Å²) in [7, 11) is 0. The molecular formula is C11H16N2O2. The molecule has 0 aliphatic heterocycles. The summed E-state index contributed by atoms with van der Waals surface area (Å²) in [5.41, 5.74) is 5.73. The summed E-state index contributed by atoms with van der Waals surface area (Å²) in [4.78, 5) is 13.5. The number of hydrogen-bond acceptors (Lipinski definition) is 3. The first kappa shape index (κ1) is 11.5. The van der Waals surface area contributed by atoms with Crippen molar-refractivity contribution in [2.24, 2.45) is 5.73 Å². The number of nitrogens with two attached hydrogens (primary N) is 1. The Hall–Kier alpha value is -1.55. The van der Waals surface area contributed by atoms with Crippen LogP contribution in [0.15, 0.2) is 24.3 Å². The molecule has 1 amide bonds. The van der Waals surface area contributed by atoms with Gasteiger partial charge >= 0.3 is 0 Å². The molecule has 0 saturated carbocycles. The van der Waals surface area contributed by atoms with Crippen molar-refractivity contribution in [1.82, 2.24) is 4.90 Å². The molecule has 1 rings (SSSR count). The number of rotatable bonds is 4. The number of phenolic OH excluding ortho intramolecular Hbond substituents is 1. The third kappa shape index (κ3) is 2.70. The van der Waals surface area contributed by atoms with E-state index < -0.39 is 0 Å². The minimum atomic E-state index is -0.180. The van der Waals surface area contributed by atoms with Crippen LogP contribution in [0.3, 0.4) is 0 Å². The first-order chi connectivity index (χ1) is 7.20. The van der Waals surface area contributed by atoms with Gasteiger partial charge in [-0.1, -0.05) is 12.1 Å². The summed E-state index contributed by atoms with van der Waals surface area (Å²) in [5.74, 6) is -0.168. The SMILES string of the molecule is CCN(CCN)C(=O)c1ccccc1O. The number of amides is 1. The lowest BCUT2D eigenvalue weighted by atomic mass is 10.1. The maximum absolute atomic E-state index is 11.9. The van der Waals surface area contributed by atoms with Gasteiger partial charge in [0.2, 0.25) is 0 Å². The van der Waals surface area contributed by atoms with Gasteiger partial charge in [-0.2, -0.15) is 0 Å². The minimum Gasteiger partial charge on any atom is -0.507 e. The zero-order valence-corrected chi connectivity index (χ0v) is 8.81. The number of carbonyl (C=O) groups excluding carboxylic acids is 1. The molecule has 15 heavy (non-hydrogen) atoms. The van der Waals surface area contributed by atoms with Crippen LogP contribution in [0.4, 0.5) is 0 Å². The second-order valence-electron chi connectivity index (χ2n) is 3.19. The molecule has 4 nitrogen and oxygen atoms in total. The molecule has 0 radical (unpaired) electrons. The molecule has 0 aromatic heterocycles. The van der Waals surface area contributed by atoms with E-state index in [-0.39, 0.29) is 11.7 Å². The standard InChI is InChI=1S/C11H16N2O2/c1-2-13(8-7-12)11(15)9-5-3-4-6-10(9)14/h3-6,14H,2,7-8,12H2,1H3. The fourth-order valence-electron chi connectivity index (χ4n) is 1.38. The third-order valence-electron chi connectivity index (χ3n) is 2.20. The van der Waals surface area contributed by atoms with Crippen LogP contribution in [0, 0.1) is 0 Å². The Morgan fingerprint density at radius 2 is 2.13 bits per heavy atom. The van der Waals surface area contributed by atoms with Crippen LogP contribution in [-0.4, -0.2) is 35.5 Å². The Balaban J connectivity index is 2.88. The molecule has 1 aromatic rings. The lowest BCUT2D eigenvalue weighted by Crippen LogP contribution is -2.35. The fraction of sp³-hybridized carbons (Fsp3) is 0.364. The minimum absolute atomic E-state index is 0.0120. The van der Waals surface area contributed by atoms with E-state index in [9.17, 15) is 9.90 Å². The van der Waals surface area contributed by atoms with E-state index in [1.807, 2.05) is 6.92 Å². The maximum atomic E-state index is 11.9. The Labute approximate surface area is 89.3 Å². The number of para-hydroxylation sites is 1. The van der Waals surface area contributed by atoms with Gasteiger partial charge in [0.1, 0.15) is 5.75 Å². The lowest BCUT2D eigenvalue weighted by molar-refractivity contribution is 0.0766. The van der Waals surface area contributed by atoms with Crippen LogP contribution in [-0.2, 0) is 0 Å². The second kappa shape index (κ2) is 5.36. The summed E-state index contributed by atoms with van der Waals surface area (Å²) >= 11 is 0. The largest absolute Gasteiger partial charge is 0.507 e. The van der Waals surface area contributed by atoms with E-state index in [1.165, 1.54) is 6.07 Å². The van der Waals surface area contributed by atoms with Crippen LogP contribution in [0.2, 0.25) is 0 Å². The van der Waals surface area contributed by atoms with E-state index in [4.69, 9.17) is 5.73 Å². The van der Waals surface area contributed by atoms with Gasteiger partial charge in [-0.05, 0) is 19.1 Å². The molecule has 0 aliphatic rings. The molecule has 82 valence electrons. The van der Waals surface area contributed by atoms with E-state index in [1.54, 1.807) is 23.1 Å². The molecular weight excluding hydrogens is 192 g/mol. The van der Waals surface area contributed by atoms with E-state index in [2.05, 4.69) is 0 Å². The van der Waals surface area contributed by atoms with Crippen molar-refractivity contribution >= 4 is 5.91 Å². The number of benzene rings is 1. The highest BCUT2D eigenvalue weighted by molar-refractivity contribution is 5.96.